The molecule has 0 saturated carbocycles. The standard InChI is InChI=1S/C22H25NO/c1-3-23-14-12-22(13-15-23)16-20(18-10-8-17(2)9-11-18)19-6-4-5-7-21(19)24-22/h4-11,16H,3,12-15H2,1-2H3. The molecule has 2 aliphatic rings. The summed E-state index contributed by atoms with van der Waals surface area (Å²) in [5.74, 6) is 1.03. The number of para-hydroxylation sites is 1. The molecule has 0 atom stereocenters. The number of benzene rings is 2. The molecular weight excluding hydrogens is 294 g/mol. The summed E-state index contributed by atoms with van der Waals surface area (Å²) in [5.41, 5.74) is 4.96. The van der Waals surface area contributed by atoms with Gasteiger partial charge in [-0.1, -0.05) is 55.0 Å². The van der Waals surface area contributed by atoms with Gasteiger partial charge in [0.05, 0.1) is 0 Å². The van der Waals surface area contributed by atoms with Gasteiger partial charge < -0.3 is 9.64 Å². The van der Waals surface area contributed by atoms with Crippen LogP contribution in [0.25, 0.3) is 5.57 Å². The Labute approximate surface area is 144 Å². The maximum absolute atomic E-state index is 6.53. The molecule has 2 nitrogen and oxygen atoms in total. The summed E-state index contributed by atoms with van der Waals surface area (Å²) in [7, 11) is 0. The number of fused-ring (bicyclic) bond motifs is 1. The number of piperidine rings is 1. The summed E-state index contributed by atoms with van der Waals surface area (Å²) in [5, 5.41) is 0. The van der Waals surface area contributed by atoms with E-state index in [-0.39, 0.29) is 5.60 Å². The van der Waals surface area contributed by atoms with E-state index in [0.29, 0.717) is 0 Å². The van der Waals surface area contributed by atoms with Crippen LogP contribution in [0.3, 0.4) is 0 Å². The summed E-state index contributed by atoms with van der Waals surface area (Å²) >= 11 is 0. The van der Waals surface area contributed by atoms with Gasteiger partial charge in [-0.05, 0) is 36.7 Å². The molecule has 4 rings (SSSR count). The molecule has 0 aromatic heterocycles. The second kappa shape index (κ2) is 6.10. The van der Waals surface area contributed by atoms with Crippen LogP contribution in [0.2, 0.25) is 0 Å². The van der Waals surface area contributed by atoms with Crippen LogP contribution in [0.5, 0.6) is 5.75 Å². The highest BCUT2D eigenvalue weighted by atomic mass is 16.5. The molecule has 2 heterocycles. The second-order valence-electron chi connectivity index (χ2n) is 7.02. The van der Waals surface area contributed by atoms with E-state index in [0.717, 1.165) is 38.2 Å². The molecular formula is C22H25NO. The number of aryl methyl sites for hydroxylation is 1. The Morgan fingerprint density at radius 1 is 1.00 bits per heavy atom. The predicted octanol–water partition coefficient (Wildman–Crippen LogP) is 4.67. The van der Waals surface area contributed by atoms with Crippen LogP contribution in [0.15, 0.2) is 54.6 Å². The lowest BCUT2D eigenvalue weighted by atomic mass is 9.83. The molecule has 0 aliphatic carbocycles. The average Bonchev–Trinajstić information content (AvgIpc) is 2.62. The number of hydrogen-bond acceptors (Lipinski definition) is 2. The minimum Gasteiger partial charge on any atom is -0.482 e. The third-order valence-electron chi connectivity index (χ3n) is 5.41. The monoisotopic (exact) mass is 319 g/mol. The zero-order valence-electron chi connectivity index (χ0n) is 14.6. The van der Waals surface area contributed by atoms with Crippen LogP contribution in [-0.4, -0.2) is 30.1 Å². The maximum Gasteiger partial charge on any atom is 0.130 e. The van der Waals surface area contributed by atoms with Crippen LogP contribution in [-0.2, 0) is 0 Å². The van der Waals surface area contributed by atoms with Gasteiger partial charge in [0.2, 0.25) is 0 Å². The lowest BCUT2D eigenvalue weighted by Gasteiger charge is -2.43. The van der Waals surface area contributed by atoms with E-state index in [2.05, 4.69) is 73.4 Å². The Morgan fingerprint density at radius 3 is 2.42 bits per heavy atom. The van der Waals surface area contributed by atoms with Gasteiger partial charge in [-0.3, -0.25) is 0 Å². The first-order chi connectivity index (χ1) is 11.7. The van der Waals surface area contributed by atoms with Gasteiger partial charge in [0.25, 0.3) is 0 Å². The van der Waals surface area contributed by atoms with Crippen molar-refractivity contribution >= 4 is 5.57 Å². The lowest BCUT2D eigenvalue weighted by molar-refractivity contribution is 0.0401. The quantitative estimate of drug-likeness (QED) is 0.797. The van der Waals surface area contributed by atoms with Crippen molar-refractivity contribution in [2.45, 2.75) is 32.3 Å². The van der Waals surface area contributed by atoms with Gasteiger partial charge in [0, 0.05) is 31.5 Å². The van der Waals surface area contributed by atoms with E-state index >= 15 is 0 Å². The van der Waals surface area contributed by atoms with E-state index in [1.165, 1.54) is 22.3 Å². The van der Waals surface area contributed by atoms with Gasteiger partial charge in [0.1, 0.15) is 11.4 Å². The minimum atomic E-state index is -0.153. The normalized spacial score (nSPS) is 19.5. The fraction of sp³-hybridized carbons (Fsp3) is 0.364. The smallest absolute Gasteiger partial charge is 0.130 e. The molecule has 0 bridgehead atoms. The van der Waals surface area contributed by atoms with Crippen molar-refractivity contribution in [2.75, 3.05) is 19.6 Å². The molecule has 0 radical (unpaired) electrons. The first kappa shape index (κ1) is 15.5. The van der Waals surface area contributed by atoms with E-state index in [9.17, 15) is 0 Å². The summed E-state index contributed by atoms with van der Waals surface area (Å²) < 4.78 is 6.53. The molecule has 124 valence electrons. The fourth-order valence-corrected chi connectivity index (χ4v) is 3.83. The zero-order valence-corrected chi connectivity index (χ0v) is 14.6. The zero-order chi connectivity index (χ0) is 16.6. The molecule has 1 fully saturated rings. The van der Waals surface area contributed by atoms with Crippen LogP contribution in [0.1, 0.15) is 36.5 Å². The van der Waals surface area contributed by atoms with Crippen molar-refractivity contribution < 1.29 is 4.74 Å². The maximum atomic E-state index is 6.53. The number of rotatable bonds is 2. The van der Waals surface area contributed by atoms with Gasteiger partial charge in [-0.15, -0.1) is 0 Å². The van der Waals surface area contributed by atoms with Crippen LogP contribution in [0, 0.1) is 6.92 Å². The first-order valence-electron chi connectivity index (χ1n) is 9.00. The number of likely N-dealkylation sites (tertiary alicyclic amines) is 1. The van der Waals surface area contributed by atoms with E-state index in [1.807, 2.05) is 0 Å². The molecule has 0 N–H and O–H groups in total. The average molecular weight is 319 g/mol. The van der Waals surface area contributed by atoms with Crippen LogP contribution in [0.4, 0.5) is 0 Å². The van der Waals surface area contributed by atoms with Gasteiger partial charge >= 0.3 is 0 Å². The molecule has 24 heavy (non-hydrogen) atoms. The molecule has 0 unspecified atom stereocenters. The third kappa shape index (κ3) is 2.76. The highest BCUT2D eigenvalue weighted by Crippen LogP contribution is 2.43. The van der Waals surface area contributed by atoms with Gasteiger partial charge in [-0.25, -0.2) is 0 Å². The lowest BCUT2D eigenvalue weighted by Crippen LogP contribution is -2.47. The van der Waals surface area contributed by atoms with E-state index in [4.69, 9.17) is 4.74 Å². The van der Waals surface area contributed by atoms with Crippen LogP contribution < -0.4 is 4.74 Å². The van der Waals surface area contributed by atoms with Crippen molar-refractivity contribution in [2.24, 2.45) is 0 Å². The number of ether oxygens (including phenoxy) is 1. The highest BCUT2D eigenvalue weighted by Gasteiger charge is 2.38. The molecule has 1 saturated heterocycles. The Bertz CT molecular complexity index is 752. The second-order valence-corrected chi connectivity index (χ2v) is 7.02. The largest absolute Gasteiger partial charge is 0.482 e. The molecule has 2 aromatic rings. The molecule has 2 aromatic carbocycles. The van der Waals surface area contributed by atoms with E-state index < -0.39 is 0 Å². The SMILES string of the molecule is CCN1CCC2(C=C(c3ccc(C)cc3)c3ccccc3O2)CC1. The van der Waals surface area contributed by atoms with Crippen molar-refractivity contribution in [3.05, 3.63) is 71.3 Å². The molecule has 0 amide bonds. The van der Waals surface area contributed by atoms with Crippen molar-refractivity contribution in [3.63, 3.8) is 0 Å². The summed E-state index contributed by atoms with van der Waals surface area (Å²) in [4.78, 5) is 2.51. The molecule has 1 spiro atoms. The summed E-state index contributed by atoms with van der Waals surface area (Å²) in [6.45, 7) is 7.72. The van der Waals surface area contributed by atoms with Crippen molar-refractivity contribution in [1.29, 1.82) is 0 Å². The minimum absolute atomic E-state index is 0.153. The summed E-state index contributed by atoms with van der Waals surface area (Å²) in [6, 6.07) is 17.3. The third-order valence-corrected chi connectivity index (χ3v) is 5.41. The number of nitrogens with zero attached hydrogens (tertiary/aromatic N) is 1. The van der Waals surface area contributed by atoms with E-state index in [1.54, 1.807) is 0 Å². The van der Waals surface area contributed by atoms with Crippen LogP contribution >= 0.6 is 0 Å². The van der Waals surface area contributed by atoms with Gasteiger partial charge in [-0.2, -0.15) is 0 Å². The van der Waals surface area contributed by atoms with Gasteiger partial charge in [0.15, 0.2) is 0 Å². The Morgan fingerprint density at radius 2 is 1.71 bits per heavy atom. The van der Waals surface area contributed by atoms with Crippen molar-refractivity contribution in [3.8, 4) is 5.75 Å². The Kier molecular flexibility index (Phi) is 3.93. The fourth-order valence-electron chi connectivity index (χ4n) is 3.83. The predicted molar refractivity (Wildman–Crippen MR) is 99.4 cm³/mol. The Hall–Kier alpha value is -2.06. The first-order valence-corrected chi connectivity index (χ1v) is 9.00. The number of hydrogen-bond donors (Lipinski definition) is 0. The molecule has 2 aliphatic heterocycles. The highest BCUT2D eigenvalue weighted by molar-refractivity contribution is 5.84. The summed E-state index contributed by atoms with van der Waals surface area (Å²) in [6.07, 6.45) is 4.52. The van der Waals surface area contributed by atoms with Crippen molar-refractivity contribution in [1.82, 2.24) is 4.90 Å². The Balaban J connectivity index is 1.77. The topological polar surface area (TPSA) is 12.5 Å². The molecule has 2 heteroatoms.